The van der Waals surface area contributed by atoms with Crippen LogP contribution < -0.4 is 0 Å². The molecular weight excluding hydrogens is 342 g/mol. The Morgan fingerprint density at radius 1 is 1.47 bits per heavy atom. The highest BCUT2D eigenvalue weighted by molar-refractivity contribution is 9.10. The molecule has 0 unspecified atom stereocenters. The smallest absolute Gasteiger partial charge is 0.164 e. The lowest BCUT2D eigenvalue weighted by atomic mass is 10.2. The first-order valence-electron chi connectivity index (χ1n) is 5.59. The van der Waals surface area contributed by atoms with Crippen LogP contribution in [0.4, 0.5) is 5.82 Å². The van der Waals surface area contributed by atoms with E-state index in [1.54, 1.807) is 6.21 Å². The van der Waals surface area contributed by atoms with Crippen molar-refractivity contribution in [1.29, 1.82) is 5.26 Å². The molecule has 2 aromatic rings. The molecule has 0 radical (unpaired) electrons. The molecule has 19 heavy (non-hydrogen) atoms. The molecule has 6 heteroatoms. The van der Waals surface area contributed by atoms with E-state index in [1.165, 1.54) is 11.3 Å². The third-order valence-electron chi connectivity index (χ3n) is 2.49. The molecule has 0 N–H and O–H groups in total. The number of hydrogen-bond donors (Lipinski definition) is 0. The minimum absolute atomic E-state index is 0.556. The Balaban J connectivity index is 2.40. The van der Waals surface area contributed by atoms with Gasteiger partial charge in [0.1, 0.15) is 6.07 Å². The van der Waals surface area contributed by atoms with Gasteiger partial charge in [-0.1, -0.05) is 39.4 Å². The van der Waals surface area contributed by atoms with E-state index in [-0.39, 0.29) is 0 Å². The van der Waals surface area contributed by atoms with E-state index in [9.17, 15) is 0 Å². The monoisotopic (exact) mass is 351 g/mol. The van der Waals surface area contributed by atoms with E-state index in [0.717, 1.165) is 10.0 Å². The molecule has 0 spiro atoms. The van der Waals surface area contributed by atoms with Gasteiger partial charge in [-0.2, -0.15) is 5.26 Å². The van der Waals surface area contributed by atoms with E-state index >= 15 is 0 Å². The zero-order chi connectivity index (χ0) is 13.8. The van der Waals surface area contributed by atoms with E-state index in [2.05, 4.69) is 27.0 Å². The summed E-state index contributed by atoms with van der Waals surface area (Å²) in [5, 5.41) is 9.11. The molecule has 0 bridgehead atoms. The number of hydrogen-bond acceptors (Lipinski definition) is 4. The Morgan fingerprint density at radius 3 is 2.74 bits per heavy atom. The summed E-state index contributed by atoms with van der Waals surface area (Å²) in [5.74, 6) is 0.642. The molecule has 0 amide bonds. The number of thiazole rings is 1. The maximum atomic E-state index is 9.11. The van der Waals surface area contributed by atoms with Gasteiger partial charge in [0.2, 0.25) is 0 Å². The van der Waals surface area contributed by atoms with Crippen molar-refractivity contribution in [3.05, 3.63) is 43.1 Å². The van der Waals surface area contributed by atoms with Gasteiger partial charge in [-0.15, -0.1) is 0 Å². The summed E-state index contributed by atoms with van der Waals surface area (Å²) >= 11 is 9.91. The van der Waals surface area contributed by atoms with Crippen LogP contribution in [0.25, 0.3) is 0 Å². The second-order valence-electron chi connectivity index (χ2n) is 3.69. The van der Waals surface area contributed by atoms with Gasteiger partial charge in [0.05, 0.1) is 0 Å². The SMILES string of the molecule is CCn1c(/N=C/c2ccc(Br)cc2)c(C#N)sc1=S. The van der Waals surface area contributed by atoms with Crippen LogP contribution in [0, 0.1) is 15.3 Å². The standard InChI is InChI=1S/C13H10BrN3S2/c1-2-17-12(11(7-15)19-13(17)18)16-8-9-3-5-10(14)6-4-9/h3-6,8H,2H2,1H3/b16-8+. The van der Waals surface area contributed by atoms with Crippen LogP contribution in [-0.4, -0.2) is 10.8 Å². The van der Waals surface area contributed by atoms with Crippen molar-refractivity contribution in [2.75, 3.05) is 0 Å². The molecule has 0 fully saturated rings. The molecule has 0 aliphatic rings. The summed E-state index contributed by atoms with van der Waals surface area (Å²) in [6.45, 7) is 2.70. The Morgan fingerprint density at radius 2 is 2.16 bits per heavy atom. The molecule has 0 aliphatic heterocycles. The Labute approximate surface area is 129 Å². The highest BCUT2D eigenvalue weighted by atomic mass is 79.9. The van der Waals surface area contributed by atoms with Crippen molar-refractivity contribution in [1.82, 2.24) is 4.57 Å². The summed E-state index contributed by atoms with van der Waals surface area (Å²) in [6.07, 6.45) is 1.75. The number of rotatable bonds is 3. The van der Waals surface area contributed by atoms with E-state index in [0.29, 0.717) is 21.2 Å². The summed E-state index contributed by atoms with van der Waals surface area (Å²) < 4.78 is 3.57. The molecule has 0 aliphatic carbocycles. The van der Waals surface area contributed by atoms with E-state index < -0.39 is 0 Å². The van der Waals surface area contributed by atoms with Crippen LogP contribution in [0.3, 0.4) is 0 Å². The summed E-state index contributed by atoms with van der Waals surface area (Å²) in [4.78, 5) is 4.97. The first-order valence-corrected chi connectivity index (χ1v) is 7.61. The van der Waals surface area contributed by atoms with Gasteiger partial charge in [0.25, 0.3) is 0 Å². The summed E-state index contributed by atoms with van der Waals surface area (Å²) in [5.41, 5.74) is 0.979. The number of aromatic nitrogens is 1. The van der Waals surface area contributed by atoms with Crippen molar-refractivity contribution < 1.29 is 0 Å². The fraction of sp³-hybridized carbons (Fsp3) is 0.154. The van der Waals surface area contributed by atoms with Crippen LogP contribution in [0.1, 0.15) is 17.4 Å². The Bertz CT molecular complexity index is 705. The molecule has 0 saturated carbocycles. The van der Waals surface area contributed by atoms with Crippen molar-refractivity contribution in [3.63, 3.8) is 0 Å². The third kappa shape index (κ3) is 3.18. The van der Waals surface area contributed by atoms with Gasteiger partial charge >= 0.3 is 0 Å². The molecule has 3 nitrogen and oxygen atoms in total. The number of benzene rings is 1. The normalized spacial score (nSPS) is 10.8. The first-order chi connectivity index (χ1) is 9.15. The van der Waals surface area contributed by atoms with Gasteiger partial charge < -0.3 is 4.57 Å². The predicted octanol–water partition coefficient (Wildman–Crippen LogP) is 4.68. The fourth-order valence-corrected chi connectivity index (χ4v) is 3.09. The van der Waals surface area contributed by atoms with Gasteiger partial charge in [-0.25, -0.2) is 4.99 Å². The van der Waals surface area contributed by atoms with E-state index in [4.69, 9.17) is 17.5 Å². The van der Waals surface area contributed by atoms with Crippen molar-refractivity contribution in [2.24, 2.45) is 4.99 Å². The van der Waals surface area contributed by atoms with Crippen LogP contribution in [0.15, 0.2) is 33.7 Å². The average molecular weight is 352 g/mol. The maximum Gasteiger partial charge on any atom is 0.164 e. The average Bonchev–Trinajstić information content (AvgIpc) is 2.73. The highest BCUT2D eigenvalue weighted by Gasteiger charge is 2.09. The fourth-order valence-electron chi connectivity index (χ4n) is 1.56. The summed E-state index contributed by atoms with van der Waals surface area (Å²) in [6, 6.07) is 9.96. The lowest BCUT2D eigenvalue weighted by molar-refractivity contribution is 0.766. The number of halogens is 1. The van der Waals surface area contributed by atoms with Gasteiger partial charge in [0.15, 0.2) is 14.6 Å². The highest BCUT2D eigenvalue weighted by Crippen LogP contribution is 2.26. The van der Waals surface area contributed by atoms with Crippen LogP contribution in [-0.2, 0) is 6.54 Å². The molecular formula is C13H10BrN3S2. The predicted molar refractivity (Wildman–Crippen MR) is 84.9 cm³/mol. The molecule has 0 atom stereocenters. The minimum atomic E-state index is 0.556. The zero-order valence-corrected chi connectivity index (χ0v) is 13.3. The number of nitriles is 1. The van der Waals surface area contributed by atoms with Crippen LogP contribution in [0.2, 0.25) is 0 Å². The van der Waals surface area contributed by atoms with Gasteiger partial charge in [-0.3, -0.25) is 0 Å². The van der Waals surface area contributed by atoms with E-state index in [1.807, 2.05) is 35.8 Å². The second-order valence-corrected chi connectivity index (χ2v) is 6.25. The lowest BCUT2D eigenvalue weighted by Crippen LogP contribution is -1.93. The Kier molecular flexibility index (Phi) is 4.64. The van der Waals surface area contributed by atoms with Gasteiger partial charge in [0, 0.05) is 17.2 Å². The maximum absolute atomic E-state index is 9.11. The topological polar surface area (TPSA) is 41.1 Å². The molecule has 1 aromatic heterocycles. The summed E-state index contributed by atoms with van der Waals surface area (Å²) in [7, 11) is 0. The van der Waals surface area contributed by atoms with Gasteiger partial charge in [-0.05, 0) is 36.8 Å². The van der Waals surface area contributed by atoms with Crippen molar-refractivity contribution in [3.8, 4) is 6.07 Å². The largest absolute Gasteiger partial charge is 0.307 e. The molecule has 1 aromatic carbocycles. The van der Waals surface area contributed by atoms with Crippen LogP contribution in [0.5, 0.6) is 0 Å². The van der Waals surface area contributed by atoms with Crippen LogP contribution >= 0.6 is 39.5 Å². The molecule has 2 rings (SSSR count). The van der Waals surface area contributed by atoms with Crippen molar-refractivity contribution in [2.45, 2.75) is 13.5 Å². The second kappa shape index (κ2) is 6.24. The zero-order valence-electron chi connectivity index (χ0n) is 10.1. The molecule has 0 saturated heterocycles. The first kappa shape index (κ1) is 14.1. The molecule has 96 valence electrons. The quantitative estimate of drug-likeness (QED) is 0.594. The lowest BCUT2D eigenvalue weighted by Gasteiger charge is -2.00. The minimum Gasteiger partial charge on any atom is -0.307 e. The van der Waals surface area contributed by atoms with Crippen molar-refractivity contribution >= 4 is 51.5 Å². The number of nitrogens with zero attached hydrogens (tertiary/aromatic N) is 3. The molecule has 1 heterocycles. The number of aliphatic imine (C=N–C) groups is 1. The Hall–Kier alpha value is -1.29. The third-order valence-corrected chi connectivity index (χ3v) is 4.36.